The van der Waals surface area contributed by atoms with Crippen molar-refractivity contribution in [2.24, 2.45) is 0 Å². The number of allylic oxidation sites excluding steroid dienone is 5. The molecule has 0 spiro atoms. The highest BCUT2D eigenvalue weighted by molar-refractivity contribution is 5.70. The van der Waals surface area contributed by atoms with Crippen molar-refractivity contribution in [3.05, 3.63) is 37.0 Å². The van der Waals surface area contributed by atoms with Gasteiger partial charge >= 0.3 is 5.97 Å². The molecule has 0 aliphatic carbocycles. The molecule has 78 valence electrons. The quantitative estimate of drug-likeness (QED) is 0.542. The number of hydrogen-bond donors (Lipinski definition) is 1. The van der Waals surface area contributed by atoms with Gasteiger partial charge in [0.05, 0.1) is 6.42 Å². The van der Waals surface area contributed by atoms with Gasteiger partial charge < -0.3 is 9.90 Å². The fraction of sp³-hybridized carbons (Fsp3) is 0.273. The average Bonchev–Trinajstić information content (AvgIpc) is 2.16. The zero-order valence-electron chi connectivity index (χ0n) is 8.35. The van der Waals surface area contributed by atoms with Crippen molar-refractivity contribution >= 4 is 12.3 Å². The van der Waals surface area contributed by atoms with E-state index in [-0.39, 0.29) is 12.8 Å². The summed E-state index contributed by atoms with van der Waals surface area (Å²) in [5.41, 5.74) is 0. The molecule has 0 atom stereocenters. The Balaban J connectivity index is 0. The van der Waals surface area contributed by atoms with E-state index in [1.54, 1.807) is 6.08 Å². The largest absolute Gasteiger partial charge is 0.481 e. The number of hydrogen-bond acceptors (Lipinski definition) is 2. The Labute approximate surface area is 84.4 Å². The van der Waals surface area contributed by atoms with Crippen LogP contribution in [0.25, 0.3) is 0 Å². The average molecular weight is 196 g/mol. The third-order valence-corrected chi connectivity index (χ3v) is 1.03. The van der Waals surface area contributed by atoms with Crippen LogP contribution in [-0.2, 0) is 9.59 Å². The number of aliphatic carboxylic acids is 1. The highest BCUT2D eigenvalue weighted by Crippen LogP contribution is 1.80. The third-order valence-electron chi connectivity index (χ3n) is 1.03. The van der Waals surface area contributed by atoms with Gasteiger partial charge in [-0.3, -0.25) is 4.79 Å². The van der Waals surface area contributed by atoms with Gasteiger partial charge in [-0.25, -0.2) is 0 Å². The molecule has 0 heterocycles. The molecule has 0 amide bonds. The molecule has 0 saturated heterocycles. The Morgan fingerprint density at radius 2 is 2.00 bits per heavy atom. The van der Waals surface area contributed by atoms with Crippen LogP contribution in [0.2, 0.25) is 0 Å². The van der Waals surface area contributed by atoms with Crippen molar-refractivity contribution in [3.8, 4) is 0 Å². The Morgan fingerprint density at radius 1 is 1.36 bits per heavy atom. The number of aldehydes is 1. The van der Waals surface area contributed by atoms with Crippen LogP contribution in [0.4, 0.5) is 0 Å². The Hall–Kier alpha value is -1.64. The van der Waals surface area contributed by atoms with E-state index in [0.29, 0.717) is 6.29 Å². The molecule has 0 aliphatic rings. The fourth-order valence-corrected chi connectivity index (χ4v) is 0.436. The summed E-state index contributed by atoms with van der Waals surface area (Å²) in [6.07, 6.45) is 10.2. The minimum atomic E-state index is -0.924. The molecule has 14 heavy (non-hydrogen) atoms. The third kappa shape index (κ3) is 22.4. The Bertz CT molecular complexity index is 215. The van der Waals surface area contributed by atoms with Crippen molar-refractivity contribution < 1.29 is 14.7 Å². The maximum atomic E-state index is 9.60. The van der Waals surface area contributed by atoms with E-state index in [4.69, 9.17) is 5.11 Å². The molecular formula is C11H16O3. The first-order chi connectivity index (χ1) is 6.68. The van der Waals surface area contributed by atoms with Gasteiger partial charge in [-0.15, -0.1) is 0 Å². The van der Waals surface area contributed by atoms with Gasteiger partial charge in [0.1, 0.15) is 6.29 Å². The molecule has 0 aromatic rings. The van der Waals surface area contributed by atoms with Gasteiger partial charge in [-0.1, -0.05) is 37.0 Å². The van der Waals surface area contributed by atoms with Crippen LogP contribution in [0.15, 0.2) is 37.0 Å². The van der Waals surface area contributed by atoms with Gasteiger partial charge in [-0.2, -0.15) is 0 Å². The number of carboxylic acids is 1. The van der Waals surface area contributed by atoms with Crippen LogP contribution in [-0.4, -0.2) is 17.4 Å². The van der Waals surface area contributed by atoms with Crippen molar-refractivity contribution in [3.63, 3.8) is 0 Å². The molecule has 0 unspecified atom stereocenters. The minimum absolute atomic E-state index is 0.0521. The normalized spacial score (nSPS) is 9.50. The second-order valence-corrected chi connectivity index (χ2v) is 2.25. The smallest absolute Gasteiger partial charge is 0.303 e. The summed E-state index contributed by atoms with van der Waals surface area (Å²) in [5.74, 6) is -0.924. The summed E-state index contributed by atoms with van der Waals surface area (Å²) in [6, 6.07) is 0. The van der Waals surface area contributed by atoms with Crippen molar-refractivity contribution in [1.82, 2.24) is 0 Å². The molecular weight excluding hydrogens is 180 g/mol. The van der Waals surface area contributed by atoms with Crippen LogP contribution in [0.3, 0.4) is 0 Å². The van der Waals surface area contributed by atoms with Gasteiger partial charge in [-0.05, 0) is 6.92 Å². The minimum Gasteiger partial charge on any atom is -0.481 e. The zero-order chi connectivity index (χ0) is 11.2. The first-order valence-electron chi connectivity index (χ1n) is 4.24. The van der Waals surface area contributed by atoms with E-state index >= 15 is 0 Å². The van der Waals surface area contributed by atoms with Gasteiger partial charge in [0.25, 0.3) is 0 Å². The zero-order valence-corrected chi connectivity index (χ0v) is 8.35. The highest BCUT2D eigenvalue weighted by Gasteiger charge is 1.91. The maximum Gasteiger partial charge on any atom is 0.303 e. The number of carboxylic acid groups (broad SMARTS) is 1. The molecule has 0 aromatic carbocycles. The van der Waals surface area contributed by atoms with Gasteiger partial charge in [0, 0.05) is 6.42 Å². The number of rotatable bonds is 5. The van der Waals surface area contributed by atoms with Crippen LogP contribution in [0, 0.1) is 0 Å². The molecule has 3 heteroatoms. The first-order valence-corrected chi connectivity index (χ1v) is 4.24. The predicted octanol–water partition coefficient (Wildman–Crippen LogP) is 2.35. The van der Waals surface area contributed by atoms with Gasteiger partial charge in [0.15, 0.2) is 0 Å². The molecule has 0 fully saturated rings. The highest BCUT2D eigenvalue weighted by atomic mass is 16.4. The van der Waals surface area contributed by atoms with E-state index in [0.717, 1.165) is 0 Å². The molecule has 0 radical (unpaired) electrons. The summed E-state index contributed by atoms with van der Waals surface area (Å²) in [4.78, 5) is 19.0. The van der Waals surface area contributed by atoms with Crippen molar-refractivity contribution in [2.45, 2.75) is 19.8 Å². The summed E-state index contributed by atoms with van der Waals surface area (Å²) in [6.45, 7) is 5.49. The predicted molar refractivity (Wildman–Crippen MR) is 57.1 cm³/mol. The second-order valence-electron chi connectivity index (χ2n) is 2.25. The van der Waals surface area contributed by atoms with Gasteiger partial charge in [0.2, 0.25) is 0 Å². The number of carbonyl (C=O) groups is 2. The topological polar surface area (TPSA) is 54.4 Å². The van der Waals surface area contributed by atoms with E-state index in [1.165, 1.54) is 0 Å². The summed E-state index contributed by atoms with van der Waals surface area (Å²) < 4.78 is 0. The molecule has 3 nitrogen and oxygen atoms in total. The molecule has 1 N–H and O–H groups in total. The van der Waals surface area contributed by atoms with Crippen molar-refractivity contribution in [2.75, 3.05) is 0 Å². The SMILES string of the molecule is C=C/C=C\C=C/C.O=CCCC(=O)O. The van der Waals surface area contributed by atoms with E-state index in [2.05, 4.69) is 6.58 Å². The first kappa shape index (κ1) is 14.9. The molecule has 0 aromatic heterocycles. The lowest BCUT2D eigenvalue weighted by Gasteiger charge is -1.79. The Morgan fingerprint density at radius 3 is 2.29 bits per heavy atom. The lowest BCUT2D eigenvalue weighted by atomic mass is 10.3. The second kappa shape index (κ2) is 13.9. The molecule has 0 aliphatic heterocycles. The molecule has 0 saturated carbocycles. The van der Waals surface area contributed by atoms with E-state index in [1.807, 2.05) is 31.2 Å². The van der Waals surface area contributed by atoms with E-state index in [9.17, 15) is 9.59 Å². The van der Waals surface area contributed by atoms with Crippen molar-refractivity contribution in [1.29, 1.82) is 0 Å². The lowest BCUT2D eigenvalue weighted by molar-refractivity contribution is -0.137. The van der Waals surface area contributed by atoms with E-state index < -0.39 is 5.97 Å². The molecule has 0 rings (SSSR count). The maximum absolute atomic E-state index is 9.60. The van der Waals surface area contributed by atoms with Crippen LogP contribution in [0.1, 0.15) is 19.8 Å². The summed E-state index contributed by atoms with van der Waals surface area (Å²) in [7, 11) is 0. The summed E-state index contributed by atoms with van der Waals surface area (Å²) >= 11 is 0. The number of carbonyl (C=O) groups excluding carboxylic acids is 1. The standard InChI is InChI=1S/C7H10.C4H6O3/c1-3-5-7-6-4-2;5-3-1-2-4(6)7/h3-7H,1H2,2H3;3H,1-2H2,(H,6,7)/b6-4-,7-5-;. The fourth-order valence-electron chi connectivity index (χ4n) is 0.436. The van der Waals surface area contributed by atoms with Crippen LogP contribution in [0.5, 0.6) is 0 Å². The monoisotopic (exact) mass is 196 g/mol. The summed E-state index contributed by atoms with van der Waals surface area (Å²) in [5, 5.41) is 7.89. The lowest BCUT2D eigenvalue weighted by Crippen LogP contribution is -1.93. The van der Waals surface area contributed by atoms with Crippen LogP contribution >= 0.6 is 0 Å². The Kier molecular flexibility index (Phi) is 14.8. The molecule has 0 bridgehead atoms. The van der Waals surface area contributed by atoms with Crippen LogP contribution < -0.4 is 0 Å².